The zero-order chi connectivity index (χ0) is 14.8. The Morgan fingerprint density at radius 2 is 1.06 bits per heavy atom. The third-order valence-electron chi connectivity index (χ3n) is 1.24. The van der Waals surface area contributed by atoms with E-state index in [0.717, 1.165) is 37.6 Å². The zero-order valence-corrected chi connectivity index (χ0v) is 10.1. The minimum Gasteiger partial charge on any atom is -0.478 e. The van der Waals surface area contributed by atoms with Gasteiger partial charge in [-0.25, -0.2) is 9.59 Å². The Hall–Kier alpha value is -2.24. The first-order chi connectivity index (χ1) is 8.45. The maximum absolute atomic E-state index is 9.68. The minimum atomic E-state index is -0.981. The lowest BCUT2D eigenvalue weighted by Crippen LogP contribution is -1.82. The van der Waals surface area contributed by atoms with Crippen LogP contribution in [0.1, 0.15) is 25.7 Å². The van der Waals surface area contributed by atoms with Crippen LogP contribution in [0, 0.1) is 0 Å². The van der Waals surface area contributed by atoms with E-state index < -0.39 is 11.9 Å². The summed E-state index contributed by atoms with van der Waals surface area (Å²) in [5.41, 5.74) is 0. The zero-order valence-electron chi connectivity index (χ0n) is 10.1. The second-order valence-corrected chi connectivity index (χ2v) is 2.70. The van der Waals surface area contributed by atoms with Gasteiger partial charge in [-0.3, -0.25) is 0 Å². The molecular formula is C12H18O6. The smallest absolute Gasteiger partial charge is 0.327 e. The first kappa shape index (κ1) is 21.1. The predicted molar refractivity (Wildman–Crippen MR) is 66.3 cm³/mol. The molecule has 0 aliphatic rings. The Bertz CT molecular complexity index is 242. The third-order valence-corrected chi connectivity index (χ3v) is 1.24. The van der Waals surface area contributed by atoms with Crippen molar-refractivity contribution in [1.29, 1.82) is 0 Å². The number of hydrogen-bond donors (Lipinski definition) is 2. The van der Waals surface area contributed by atoms with Crippen molar-refractivity contribution in [3.8, 4) is 0 Å². The molecule has 0 saturated heterocycles. The number of rotatable bonds is 7. The van der Waals surface area contributed by atoms with Crippen LogP contribution < -0.4 is 0 Å². The molecular weight excluding hydrogens is 240 g/mol. The second-order valence-electron chi connectivity index (χ2n) is 2.70. The van der Waals surface area contributed by atoms with Crippen molar-refractivity contribution in [3.63, 3.8) is 0 Å². The monoisotopic (exact) mass is 258 g/mol. The number of carbonyl (C=O) groups excluding carboxylic acids is 2. The Morgan fingerprint density at radius 3 is 1.17 bits per heavy atom. The summed E-state index contributed by atoms with van der Waals surface area (Å²) in [6, 6.07) is 0. The molecule has 0 atom stereocenters. The van der Waals surface area contributed by atoms with E-state index in [0.29, 0.717) is 12.8 Å². The van der Waals surface area contributed by atoms with E-state index in [1.807, 2.05) is 0 Å². The standard InChI is InChI=1S/C6H10O2.2C3H4O2/c7-5-3-1-2-4-6-8;2*1-2-3(4)5/h5-6H,1-4H2;2*2H,1H2,(H,4,5). The number of aldehydes is 2. The fourth-order valence-electron chi connectivity index (χ4n) is 0.455. The lowest BCUT2D eigenvalue weighted by Gasteiger charge is -1.85. The number of aliphatic carboxylic acids is 2. The lowest BCUT2D eigenvalue weighted by atomic mass is 10.2. The topological polar surface area (TPSA) is 109 Å². The first-order valence-electron chi connectivity index (χ1n) is 5.04. The maximum Gasteiger partial charge on any atom is 0.327 e. The van der Waals surface area contributed by atoms with Crippen molar-refractivity contribution in [2.24, 2.45) is 0 Å². The summed E-state index contributed by atoms with van der Waals surface area (Å²) in [5, 5.41) is 15.2. The molecule has 0 saturated carbocycles. The first-order valence-corrected chi connectivity index (χ1v) is 5.04. The van der Waals surface area contributed by atoms with Gasteiger partial charge in [-0.15, -0.1) is 0 Å². The summed E-state index contributed by atoms with van der Waals surface area (Å²) >= 11 is 0. The van der Waals surface area contributed by atoms with Crippen LogP contribution in [0.5, 0.6) is 0 Å². The Balaban J connectivity index is -0.000000197. The summed E-state index contributed by atoms with van der Waals surface area (Å²) in [6.07, 6.45) is 6.31. The number of carboxylic acids is 2. The molecule has 0 unspecified atom stereocenters. The molecule has 0 heterocycles. The van der Waals surface area contributed by atoms with E-state index in [2.05, 4.69) is 13.2 Å². The number of hydrogen-bond acceptors (Lipinski definition) is 4. The molecule has 0 amide bonds. The van der Waals surface area contributed by atoms with E-state index in [9.17, 15) is 19.2 Å². The molecule has 0 aliphatic heterocycles. The van der Waals surface area contributed by atoms with Crippen LogP contribution in [0.2, 0.25) is 0 Å². The highest BCUT2D eigenvalue weighted by Gasteiger charge is 1.83. The van der Waals surface area contributed by atoms with E-state index in [-0.39, 0.29) is 0 Å². The molecule has 0 radical (unpaired) electrons. The van der Waals surface area contributed by atoms with Crippen LogP contribution in [-0.4, -0.2) is 34.7 Å². The molecule has 0 fully saturated rings. The molecule has 6 nitrogen and oxygen atoms in total. The van der Waals surface area contributed by atoms with Crippen LogP contribution in [-0.2, 0) is 19.2 Å². The molecule has 2 N–H and O–H groups in total. The van der Waals surface area contributed by atoms with Gasteiger partial charge in [0.15, 0.2) is 0 Å². The summed E-state index contributed by atoms with van der Waals surface area (Å²) in [4.78, 5) is 37.9. The molecule has 18 heavy (non-hydrogen) atoms. The molecule has 0 aromatic rings. The van der Waals surface area contributed by atoms with Crippen molar-refractivity contribution in [1.82, 2.24) is 0 Å². The Kier molecular flexibility index (Phi) is 23.7. The molecule has 0 aromatic carbocycles. The van der Waals surface area contributed by atoms with Crippen LogP contribution in [0.3, 0.4) is 0 Å². The average molecular weight is 258 g/mol. The van der Waals surface area contributed by atoms with Gasteiger partial charge in [-0.05, 0) is 12.8 Å². The molecule has 0 bridgehead atoms. The van der Waals surface area contributed by atoms with Crippen molar-refractivity contribution < 1.29 is 29.4 Å². The maximum atomic E-state index is 9.68. The quantitative estimate of drug-likeness (QED) is 0.406. The normalized spacial score (nSPS) is 7.33. The van der Waals surface area contributed by atoms with Gasteiger partial charge < -0.3 is 19.8 Å². The average Bonchev–Trinajstić information content (AvgIpc) is 2.36. The van der Waals surface area contributed by atoms with Gasteiger partial charge in [0.2, 0.25) is 0 Å². The van der Waals surface area contributed by atoms with E-state index >= 15 is 0 Å². The van der Waals surface area contributed by atoms with Crippen molar-refractivity contribution in [2.75, 3.05) is 0 Å². The van der Waals surface area contributed by atoms with Gasteiger partial charge in [0, 0.05) is 25.0 Å². The van der Waals surface area contributed by atoms with Gasteiger partial charge >= 0.3 is 11.9 Å². The summed E-state index contributed by atoms with van der Waals surface area (Å²) in [5.74, 6) is -1.96. The minimum absolute atomic E-state index is 0.591. The highest BCUT2D eigenvalue weighted by Crippen LogP contribution is 1.93. The molecule has 0 rings (SSSR count). The van der Waals surface area contributed by atoms with Gasteiger partial charge in [0.1, 0.15) is 12.6 Å². The van der Waals surface area contributed by atoms with Gasteiger partial charge in [0.25, 0.3) is 0 Å². The van der Waals surface area contributed by atoms with E-state index in [1.54, 1.807) is 0 Å². The summed E-state index contributed by atoms with van der Waals surface area (Å²) in [6.45, 7) is 5.92. The summed E-state index contributed by atoms with van der Waals surface area (Å²) in [7, 11) is 0. The van der Waals surface area contributed by atoms with Gasteiger partial charge in [-0.2, -0.15) is 0 Å². The third kappa shape index (κ3) is 49.0. The number of carbonyl (C=O) groups is 4. The highest BCUT2D eigenvalue weighted by molar-refractivity contribution is 5.79. The van der Waals surface area contributed by atoms with Crippen molar-refractivity contribution in [3.05, 3.63) is 25.3 Å². The number of carboxylic acid groups (broad SMARTS) is 2. The van der Waals surface area contributed by atoms with Crippen LogP contribution >= 0.6 is 0 Å². The SMILES string of the molecule is C=CC(=O)O.C=CC(=O)O.O=CCCCCC=O. The van der Waals surface area contributed by atoms with E-state index in [1.165, 1.54) is 0 Å². The van der Waals surface area contributed by atoms with Crippen molar-refractivity contribution in [2.45, 2.75) is 25.7 Å². The summed E-state index contributed by atoms with van der Waals surface area (Å²) < 4.78 is 0. The Morgan fingerprint density at radius 1 is 0.833 bits per heavy atom. The molecule has 0 spiro atoms. The predicted octanol–water partition coefficient (Wildman–Crippen LogP) is 1.46. The van der Waals surface area contributed by atoms with Gasteiger partial charge in [-0.1, -0.05) is 13.2 Å². The molecule has 0 aromatic heterocycles. The largest absolute Gasteiger partial charge is 0.478 e. The van der Waals surface area contributed by atoms with Gasteiger partial charge in [0.05, 0.1) is 0 Å². The molecule has 6 heteroatoms. The number of unbranched alkanes of at least 4 members (excludes halogenated alkanes) is 3. The fraction of sp³-hybridized carbons (Fsp3) is 0.333. The highest BCUT2D eigenvalue weighted by atomic mass is 16.4. The van der Waals surface area contributed by atoms with Crippen LogP contribution in [0.25, 0.3) is 0 Å². The van der Waals surface area contributed by atoms with E-state index in [4.69, 9.17) is 10.2 Å². The fourth-order valence-corrected chi connectivity index (χ4v) is 0.455. The molecule has 102 valence electrons. The van der Waals surface area contributed by atoms with Crippen LogP contribution in [0.15, 0.2) is 25.3 Å². The lowest BCUT2D eigenvalue weighted by molar-refractivity contribution is -0.132. The second kappa shape index (κ2) is 20.2. The van der Waals surface area contributed by atoms with Crippen LogP contribution in [0.4, 0.5) is 0 Å². The Labute approximate surface area is 106 Å². The molecule has 0 aliphatic carbocycles. The van der Waals surface area contributed by atoms with Crippen molar-refractivity contribution >= 4 is 24.5 Å².